The Morgan fingerprint density at radius 2 is 2.31 bits per heavy atom. The molecule has 0 fully saturated rings. The maximum Gasteiger partial charge on any atom is 0.330 e. The second-order valence-corrected chi connectivity index (χ2v) is 2.20. The molecule has 0 aromatic carbocycles. The predicted molar refractivity (Wildman–Crippen MR) is 46.4 cm³/mol. The first-order valence-corrected chi connectivity index (χ1v) is 3.58. The minimum Gasteiger partial charge on any atom is -0.456 e. The second-order valence-electron chi connectivity index (χ2n) is 2.20. The zero-order valence-electron chi connectivity index (χ0n) is 6.93. The Bertz CT molecular complexity index is 325. The Morgan fingerprint density at radius 1 is 1.62 bits per heavy atom. The van der Waals surface area contributed by atoms with E-state index in [0.717, 1.165) is 6.08 Å². The van der Waals surface area contributed by atoms with E-state index < -0.39 is 5.97 Å². The van der Waals surface area contributed by atoms with Gasteiger partial charge in [0.05, 0.1) is 0 Å². The van der Waals surface area contributed by atoms with E-state index in [1.54, 1.807) is 0 Å². The van der Waals surface area contributed by atoms with Crippen molar-refractivity contribution in [2.75, 3.05) is 5.73 Å². The molecule has 5 nitrogen and oxygen atoms in total. The van der Waals surface area contributed by atoms with Gasteiger partial charge in [-0.15, -0.1) is 0 Å². The van der Waals surface area contributed by atoms with E-state index >= 15 is 0 Å². The average Bonchev–Trinajstić information content (AvgIpc) is 2.16. The number of nitrogens with zero attached hydrogens (tertiary/aromatic N) is 2. The molecule has 0 aliphatic rings. The summed E-state index contributed by atoms with van der Waals surface area (Å²) >= 11 is 0. The highest BCUT2D eigenvalue weighted by Gasteiger charge is 2.02. The summed E-state index contributed by atoms with van der Waals surface area (Å²) in [7, 11) is 0. The van der Waals surface area contributed by atoms with Crippen molar-refractivity contribution in [2.24, 2.45) is 0 Å². The maximum atomic E-state index is 10.7. The molecule has 0 saturated carbocycles. The standard InChI is InChI=1S/C8H9N3O2/c1-2-7(12)13-5-6-8(9)11-4-3-10-6/h2-4H,1,5H2,(H2,9,11). The zero-order chi connectivity index (χ0) is 9.68. The number of carbonyl (C=O) groups excluding carboxylic acids is 1. The third kappa shape index (κ3) is 2.55. The number of aromatic nitrogens is 2. The molecule has 0 bridgehead atoms. The van der Waals surface area contributed by atoms with Crippen molar-refractivity contribution in [2.45, 2.75) is 6.61 Å². The van der Waals surface area contributed by atoms with Gasteiger partial charge in [0, 0.05) is 18.5 Å². The van der Waals surface area contributed by atoms with Gasteiger partial charge in [0.2, 0.25) is 0 Å². The lowest BCUT2D eigenvalue weighted by Gasteiger charge is -2.02. The first-order chi connectivity index (χ1) is 6.24. The topological polar surface area (TPSA) is 78.1 Å². The van der Waals surface area contributed by atoms with E-state index in [0.29, 0.717) is 5.69 Å². The molecule has 0 saturated heterocycles. The summed E-state index contributed by atoms with van der Waals surface area (Å²) in [5.74, 6) is -0.246. The lowest BCUT2D eigenvalue weighted by atomic mass is 10.4. The number of rotatable bonds is 3. The Kier molecular flexibility index (Phi) is 2.97. The van der Waals surface area contributed by atoms with Crippen molar-refractivity contribution in [1.29, 1.82) is 0 Å². The van der Waals surface area contributed by atoms with E-state index in [2.05, 4.69) is 16.5 Å². The Hall–Kier alpha value is -1.91. The molecule has 13 heavy (non-hydrogen) atoms. The van der Waals surface area contributed by atoms with Gasteiger partial charge in [-0.2, -0.15) is 0 Å². The molecule has 1 rings (SSSR count). The summed E-state index contributed by atoms with van der Waals surface area (Å²) in [5, 5.41) is 0. The van der Waals surface area contributed by atoms with E-state index in [4.69, 9.17) is 10.5 Å². The van der Waals surface area contributed by atoms with Crippen LogP contribution in [0.4, 0.5) is 5.82 Å². The molecule has 1 aromatic rings. The molecule has 0 radical (unpaired) electrons. The first kappa shape index (κ1) is 9.18. The zero-order valence-corrected chi connectivity index (χ0v) is 6.93. The second kappa shape index (κ2) is 4.20. The molecule has 0 aliphatic heterocycles. The highest BCUT2D eigenvalue weighted by Crippen LogP contribution is 2.04. The van der Waals surface area contributed by atoms with Crippen LogP contribution < -0.4 is 5.73 Å². The fourth-order valence-electron chi connectivity index (χ4n) is 0.687. The lowest BCUT2D eigenvalue weighted by Crippen LogP contribution is -2.05. The molecular formula is C8H9N3O2. The van der Waals surface area contributed by atoms with Crippen LogP contribution in [0.2, 0.25) is 0 Å². The number of esters is 1. The highest BCUT2D eigenvalue weighted by atomic mass is 16.5. The third-order valence-electron chi connectivity index (χ3n) is 1.32. The number of ether oxygens (including phenoxy) is 1. The van der Waals surface area contributed by atoms with Crippen LogP contribution in [0.25, 0.3) is 0 Å². The van der Waals surface area contributed by atoms with Gasteiger partial charge in [-0.1, -0.05) is 6.58 Å². The molecular weight excluding hydrogens is 170 g/mol. The smallest absolute Gasteiger partial charge is 0.330 e. The SMILES string of the molecule is C=CC(=O)OCc1nccnc1N. The molecule has 2 N–H and O–H groups in total. The molecule has 0 atom stereocenters. The van der Waals surface area contributed by atoms with Gasteiger partial charge in [-0.05, 0) is 0 Å². The molecule has 1 heterocycles. The summed E-state index contributed by atoms with van der Waals surface area (Å²) in [4.78, 5) is 18.3. The van der Waals surface area contributed by atoms with Gasteiger partial charge < -0.3 is 10.5 Å². The van der Waals surface area contributed by atoms with Gasteiger partial charge in [0.15, 0.2) is 0 Å². The van der Waals surface area contributed by atoms with Crippen LogP contribution in [-0.2, 0) is 16.1 Å². The van der Waals surface area contributed by atoms with Crippen LogP contribution >= 0.6 is 0 Å². The average molecular weight is 179 g/mol. The van der Waals surface area contributed by atoms with Gasteiger partial charge in [0.1, 0.15) is 18.1 Å². The fraction of sp³-hybridized carbons (Fsp3) is 0.125. The molecule has 0 amide bonds. The summed E-state index contributed by atoms with van der Waals surface area (Å²) < 4.78 is 4.72. The summed E-state index contributed by atoms with van der Waals surface area (Å²) in [6.45, 7) is 3.27. The van der Waals surface area contributed by atoms with Gasteiger partial charge in [0.25, 0.3) is 0 Å². The Morgan fingerprint density at radius 3 is 2.92 bits per heavy atom. The lowest BCUT2D eigenvalue weighted by molar-refractivity contribution is -0.139. The van der Waals surface area contributed by atoms with Gasteiger partial charge in [-0.3, -0.25) is 4.98 Å². The molecule has 68 valence electrons. The minimum absolute atomic E-state index is 0.0184. The molecule has 0 aliphatic carbocycles. The van der Waals surface area contributed by atoms with Crippen molar-refractivity contribution in [3.05, 3.63) is 30.7 Å². The van der Waals surface area contributed by atoms with Crippen LogP contribution in [0.1, 0.15) is 5.69 Å². The summed E-state index contributed by atoms with van der Waals surface area (Å²) in [6.07, 6.45) is 4.02. The normalized spacial score (nSPS) is 9.23. The maximum absolute atomic E-state index is 10.7. The van der Waals surface area contributed by atoms with Crippen LogP contribution in [0, 0.1) is 0 Å². The Balaban J connectivity index is 2.59. The van der Waals surface area contributed by atoms with Crippen LogP contribution in [0.5, 0.6) is 0 Å². The van der Waals surface area contributed by atoms with Crippen molar-refractivity contribution >= 4 is 11.8 Å². The van der Waals surface area contributed by atoms with Crippen molar-refractivity contribution in [1.82, 2.24) is 9.97 Å². The van der Waals surface area contributed by atoms with E-state index in [1.165, 1.54) is 12.4 Å². The molecule has 0 spiro atoms. The van der Waals surface area contributed by atoms with Crippen LogP contribution in [0.15, 0.2) is 25.0 Å². The molecule has 5 heteroatoms. The number of anilines is 1. The monoisotopic (exact) mass is 179 g/mol. The minimum atomic E-state index is -0.509. The van der Waals surface area contributed by atoms with E-state index in [9.17, 15) is 4.79 Å². The van der Waals surface area contributed by atoms with Crippen molar-refractivity contribution in [3.63, 3.8) is 0 Å². The van der Waals surface area contributed by atoms with E-state index in [-0.39, 0.29) is 12.4 Å². The number of nitrogen functional groups attached to an aromatic ring is 1. The fourth-order valence-corrected chi connectivity index (χ4v) is 0.687. The van der Waals surface area contributed by atoms with Crippen molar-refractivity contribution < 1.29 is 9.53 Å². The van der Waals surface area contributed by atoms with Gasteiger partial charge in [-0.25, -0.2) is 9.78 Å². The Labute approximate surface area is 75.3 Å². The van der Waals surface area contributed by atoms with Crippen molar-refractivity contribution in [3.8, 4) is 0 Å². The number of nitrogens with two attached hydrogens (primary N) is 1. The van der Waals surface area contributed by atoms with E-state index in [1.807, 2.05) is 0 Å². The number of hydrogen-bond donors (Lipinski definition) is 1. The summed E-state index contributed by atoms with van der Waals surface area (Å²) in [6, 6.07) is 0. The highest BCUT2D eigenvalue weighted by molar-refractivity contribution is 5.81. The predicted octanol–water partition coefficient (Wildman–Crippen LogP) is 0.288. The number of carbonyl (C=O) groups is 1. The quantitative estimate of drug-likeness (QED) is 0.533. The largest absolute Gasteiger partial charge is 0.456 e. The molecule has 1 aromatic heterocycles. The molecule has 0 unspecified atom stereocenters. The van der Waals surface area contributed by atoms with Crippen LogP contribution in [0.3, 0.4) is 0 Å². The third-order valence-corrected chi connectivity index (χ3v) is 1.32. The van der Waals surface area contributed by atoms with Gasteiger partial charge >= 0.3 is 5.97 Å². The van der Waals surface area contributed by atoms with Crippen LogP contribution in [-0.4, -0.2) is 15.9 Å². The first-order valence-electron chi connectivity index (χ1n) is 3.58. The summed E-state index contributed by atoms with van der Waals surface area (Å²) in [5.41, 5.74) is 5.90. The number of hydrogen-bond acceptors (Lipinski definition) is 5.